The van der Waals surface area contributed by atoms with Crippen LogP contribution in [0.25, 0.3) is 11.0 Å². The van der Waals surface area contributed by atoms with Crippen LogP contribution in [0.5, 0.6) is 0 Å². The monoisotopic (exact) mass is 501 g/mol. The van der Waals surface area contributed by atoms with E-state index in [1.165, 1.54) is 11.1 Å². The summed E-state index contributed by atoms with van der Waals surface area (Å²) in [4.78, 5) is 31.7. The van der Waals surface area contributed by atoms with Crippen LogP contribution >= 0.6 is 0 Å². The Morgan fingerprint density at radius 2 is 1.97 bits per heavy atom. The van der Waals surface area contributed by atoms with Gasteiger partial charge in [-0.05, 0) is 49.1 Å². The average molecular weight is 502 g/mol. The number of likely N-dealkylation sites (N-methyl/N-ethyl adjacent to an activating group) is 1. The van der Waals surface area contributed by atoms with Crippen LogP contribution in [-0.2, 0) is 18.3 Å². The molecule has 4 heterocycles. The number of nitrogens with zero attached hydrogens (tertiary/aromatic N) is 7. The second-order valence-corrected chi connectivity index (χ2v) is 9.97. The molecule has 1 saturated heterocycles. The molecular weight excluding hydrogens is 468 g/mol. The van der Waals surface area contributed by atoms with Crippen LogP contribution in [0, 0.1) is 0 Å². The SMILES string of the molecule is CC(C(=O)N1CCN(C)CC1)n1ncc(Nc2nc(N[C@@H]3CCc4ccccc43)c3cc[nH]c3n2)[n+]1C. The normalized spacial score (nSPS) is 18.7. The van der Waals surface area contributed by atoms with Crippen molar-refractivity contribution < 1.29 is 9.48 Å². The van der Waals surface area contributed by atoms with Gasteiger partial charge in [0.1, 0.15) is 11.5 Å². The molecule has 1 aliphatic carbocycles. The number of rotatable bonds is 6. The van der Waals surface area contributed by atoms with Crippen molar-refractivity contribution >= 4 is 34.5 Å². The number of carbonyl (C=O) groups excluding carboxylic acids is 1. The number of hydrogen-bond donors (Lipinski definition) is 3. The van der Waals surface area contributed by atoms with E-state index in [2.05, 4.69) is 61.9 Å². The zero-order chi connectivity index (χ0) is 25.5. The Balaban J connectivity index is 1.23. The number of aryl methyl sites for hydroxylation is 1. The van der Waals surface area contributed by atoms with Gasteiger partial charge < -0.3 is 20.1 Å². The summed E-state index contributed by atoms with van der Waals surface area (Å²) in [6.45, 7) is 5.14. The number of aromatic amines is 1. The summed E-state index contributed by atoms with van der Waals surface area (Å²) in [5.74, 6) is 2.01. The maximum absolute atomic E-state index is 13.1. The number of H-pyrrole nitrogens is 1. The van der Waals surface area contributed by atoms with E-state index in [9.17, 15) is 4.79 Å². The number of anilines is 3. The number of hydrogen-bond acceptors (Lipinski definition) is 7. The molecule has 3 N–H and O–H groups in total. The summed E-state index contributed by atoms with van der Waals surface area (Å²) < 4.78 is 1.83. The fraction of sp³-hybridized carbons (Fsp3) is 0.423. The Bertz CT molecular complexity index is 1430. The lowest BCUT2D eigenvalue weighted by Crippen LogP contribution is -2.52. The number of amides is 1. The molecule has 0 spiro atoms. The molecular formula is C26H33N10O+. The fourth-order valence-corrected chi connectivity index (χ4v) is 5.34. The Morgan fingerprint density at radius 1 is 1.16 bits per heavy atom. The van der Waals surface area contributed by atoms with Gasteiger partial charge in [0.15, 0.2) is 6.04 Å². The van der Waals surface area contributed by atoms with E-state index >= 15 is 0 Å². The predicted octanol–water partition coefficient (Wildman–Crippen LogP) is 2.16. The largest absolute Gasteiger partial charge is 0.362 e. The molecule has 1 aromatic carbocycles. The molecule has 0 saturated carbocycles. The summed E-state index contributed by atoms with van der Waals surface area (Å²) in [7, 11) is 3.96. The van der Waals surface area contributed by atoms with Crippen LogP contribution in [-0.4, -0.2) is 73.8 Å². The summed E-state index contributed by atoms with van der Waals surface area (Å²) >= 11 is 0. The van der Waals surface area contributed by atoms with Gasteiger partial charge in [-0.2, -0.15) is 14.6 Å². The Morgan fingerprint density at radius 3 is 2.81 bits per heavy atom. The minimum absolute atomic E-state index is 0.0748. The third-order valence-corrected chi connectivity index (χ3v) is 7.57. The van der Waals surface area contributed by atoms with Crippen molar-refractivity contribution in [2.24, 2.45) is 7.05 Å². The maximum Gasteiger partial charge on any atom is 0.292 e. The number of aromatic nitrogens is 6. The van der Waals surface area contributed by atoms with Gasteiger partial charge in [-0.15, -0.1) is 0 Å². The standard InChI is InChI=1S/C26H32N10O/c1-17(25(37)35-14-12-33(2)13-15-35)36-28-16-22(34(36)3)30-26-31-23-20(10-11-27-23)24(32-26)29-21-9-8-18-6-4-5-7-19(18)21/h4-7,10-11,16-17,21H,8-9,12-15H2,1-3H3,(H2,27,28,29,30,31,32)/p+1/t17?,21-/m1/s1. The van der Waals surface area contributed by atoms with Crippen LogP contribution in [0.15, 0.2) is 42.7 Å². The van der Waals surface area contributed by atoms with Gasteiger partial charge >= 0.3 is 0 Å². The summed E-state index contributed by atoms with van der Waals surface area (Å²) in [6.07, 6.45) is 5.66. The number of piperazine rings is 1. The number of nitrogens with one attached hydrogen (secondary N) is 3. The van der Waals surface area contributed by atoms with Crippen LogP contribution in [0.4, 0.5) is 17.6 Å². The summed E-state index contributed by atoms with van der Waals surface area (Å²) in [5.41, 5.74) is 3.46. The average Bonchev–Trinajstić information content (AvgIpc) is 3.63. The Labute approximate surface area is 215 Å². The number of benzene rings is 1. The molecule has 37 heavy (non-hydrogen) atoms. The quantitative estimate of drug-likeness (QED) is 0.347. The second-order valence-electron chi connectivity index (χ2n) is 9.97. The minimum atomic E-state index is -0.421. The number of carbonyl (C=O) groups is 1. The third kappa shape index (κ3) is 4.39. The Hall–Kier alpha value is -3.99. The van der Waals surface area contributed by atoms with E-state index in [0.717, 1.165) is 55.9 Å². The van der Waals surface area contributed by atoms with Crippen LogP contribution < -0.4 is 15.3 Å². The van der Waals surface area contributed by atoms with Crippen molar-refractivity contribution in [1.29, 1.82) is 0 Å². The van der Waals surface area contributed by atoms with Gasteiger partial charge in [-0.1, -0.05) is 29.1 Å². The molecule has 192 valence electrons. The topological polar surface area (TPSA) is 111 Å². The highest BCUT2D eigenvalue weighted by Crippen LogP contribution is 2.35. The number of fused-ring (bicyclic) bond motifs is 2. The molecule has 3 aromatic heterocycles. The molecule has 4 aromatic rings. The lowest BCUT2D eigenvalue weighted by molar-refractivity contribution is -0.746. The smallest absolute Gasteiger partial charge is 0.292 e. The van der Waals surface area contributed by atoms with Gasteiger partial charge in [0, 0.05) is 32.4 Å². The van der Waals surface area contributed by atoms with E-state index in [1.54, 1.807) is 11.0 Å². The molecule has 1 fully saturated rings. The fourth-order valence-electron chi connectivity index (χ4n) is 5.34. The highest BCUT2D eigenvalue weighted by molar-refractivity contribution is 5.88. The van der Waals surface area contributed by atoms with E-state index in [4.69, 9.17) is 4.98 Å². The lowest BCUT2D eigenvalue weighted by Gasteiger charge is -2.33. The van der Waals surface area contributed by atoms with Gasteiger partial charge in [-0.25, -0.2) is 5.32 Å². The highest BCUT2D eigenvalue weighted by Gasteiger charge is 2.30. The molecule has 2 aliphatic rings. The van der Waals surface area contributed by atoms with Crippen LogP contribution in [0.3, 0.4) is 0 Å². The van der Waals surface area contributed by atoms with Gasteiger partial charge in [-0.3, -0.25) is 4.79 Å². The van der Waals surface area contributed by atoms with Crippen molar-refractivity contribution in [3.63, 3.8) is 0 Å². The first-order valence-electron chi connectivity index (χ1n) is 12.9. The van der Waals surface area contributed by atoms with Crippen molar-refractivity contribution in [3.8, 4) is 0 Å². The molecule has 11 heteroatoms. The second kappa shape index (κ2) is 9.47. The zero-order valence-corrected chi connectivity index (χ0v) is 21.5. The van der Waals surface area contributed by atoms with E-state index < -0.39 is 6.04 Å². The zero-order valence-electron chi connectivity index (χ0n) is 21.5. The van der Waals surface area contributed by atoms with E-state index in [-0.39, 0.29) is 11.9 Å². The molecule has 1 amide bonds. The molecule has 1 aliphatic heterocycles. The lowest BCUT2D eigenvalue weighted by atomic mass is 10.1. The van der Waals surface area contributed by atoms with E-state index in [0.29, 0.717) is 11.8 Å². The van der Waals surface area contributed by atoms with E-state index in [1.807, 2.05) is 35.8 Å². The first-order valence-corrected chi connectivity index (χ1v) is 12.9. The van der Waals surface area contributed by atoms with Gasteiger partial charge in [0.2, 0.25) is 6.20 Å². The van der Waals surface area contributed by atoms with Crippen molar-refractivity contribution in [2.45, 2.75) is 31.8 Å². The van der Waals surface area contributed by atoms with Crippen molar-refractivity contribution in [1.82, 2.24) is 34.6 Å². The molecule has 1 unspecified atom stereocenters. The van der Waals surface area contributed by atoms with Crippen LogP contribution in [0.1, 0.15) is 36.6 Å². The predicted molar refractivity (Wildman–Crippen MR) is 140 cm³/mol. The molecule has 11 nitrogen and oxygen atoms in total. The van der Waals surface area contributed by atoms with Gasteiger partial charge in [0.25, 0.3) is 17.7 Å². The molecule has 2 atom stereocenters. The van der Waals surface area contributed by atoms with Crippen LogP contribution in [0.2, 0.25) is 0 Å². The minimum Gasteiger partial charge on any atom is -0.362 e. The maximum atomic E-state index is 13.1. The first-order chi connectivity index (χ1) is 18.0. The molecule has 0 bridgehead atoms. The van der Waals surface area contributed by atoms with Crippen molar-refractivity contribution in [2.75, 3.05) is 43.9 Å². The molecule has 6 rings (SSSR count). The summed E-state index contributed by atoms with van der Waals surface area (Å²) in [6, 6.07) is 10.3. The molecule has 0 radical (unpaired) electrons. The summed E-state index contributed by atoms with van der Waals surface area (Å²) in [5, 5.41) is 12.4. The Kier molecular flexibility index (Phi) is 5.99. The highest BCUT2D eigenvalue weighted by atomic mass is 16.2. The third-order valence-electron chi connectivity index (χ3n) is 7.57. The van der Waals surface area contributed by atoms with Gasteiger partial charge in [0.05, 0.1) is 18.5 Å². The van der Waals surface area contributed by atoms with Crippen molar-refractivity contribution in [3.05, 3.63) is 53.9 Å². The first kappa shape index (κ1) is 23.4.